The van der Waals surface area contributed by atoms with E-state index in [4.69, 9.17) is 14.2 Å². The van der Waals surface area contributed by atoms with Crippen LogP contribution in [-0.4, -0.2) is 59.3 Å². The predicted octanol–water partition coefficient (Wildman–Crippen LogP) is 0.960. The maximum absolute atomic E-state index is 13.3. The van der Waals surface area contributed by atoms with Crippen LogP contribution in [0.4, 0.5) is 0 Å². The molecule has 10 atom stereocenters. The molecule has 3 N–H and O–H groups in total. The fraction of sp³-hybridized carbons (Fsp3) is 0.857. The largest absolute Gasteiger partial charge is 0.461 e. The maximum atomic E-state index is 13.3. The van der Waals surface area contributed by atoms with Gasteiger partial charge in [0.25, 0.3) is 0 Å². The highest BCUT2D eigenvalue weighted by Gasteiger charge is 2.81. The first-order chi connectivity index (χ1) is 13.1. The van der Waals surface area contributed by atoms with E-state index < -0.39 is 59.5 Å². The molecule has 2 bridgehead atoms. The van der Waals surface area contributed by atoms with Crippen molar-refractivity contribution in [3.8, 4) is 0 Å². The summed E-state index contributed by atoms with van der Waals surface area (Å²) in [5.74, 6) is -1.61. The van der Waals surface area contributed by atoms with Crippen molar-refractivity contribution in [2.75, 3.05) is 7.11 Å². The van der Waals surface area contributed by atoms with Gasteiger partial charge < -0.3 is 29.5 Å². The molecule has 3 aliphatic carbocycles. The van der Waals surface area contributed by atoms with Crippen molar-refractivity contribution >= 4 is 5.97 Å². The molecule has 0 amide bonds. The number of aliphatic hydroxyl groups excluding tert-OH is 3. The fourth-order valence-corrected chi connectivity index (χ4v) is 7.85. The monoisotopic (exact) mass is 394 g/mol. The van der Waals surface area contributed by atoms with Gasteiger partial charge in [0.1, 0.15) is 11.5 Å². The number of hydrogen-bond donors (Lipinski definition) is 3. The molecule has 156 valence electrons. The first-order valence-corrected chi connectivity index (χ1v) is 10.2. The second kappa shape index (κ2) is 5.58. The van der Waals surface area contributed by atoms with Gasteiger partial charge in [-0.3, -0.25) is 4.79 Å². The summed E-state index contributed by atoms with van der Waals surface area (Å²) in [6, 6.07) is 0. The van der Waals surface area contributed by atoms with Crippen LogP contribution < -0.4 is 0 Å². The fourth-order valence-electron chi connectivity index (χ4n) is 7.85. The smallest absolute Gasteiger partial charge is 0.315 e. The van der Waals surface area contributed by atoms with Crippen LogP contribution in [0.15, 0.2) is 12.2 Å². The molecule has 1 unspecified atom stereocenters. The Kier molecular flexibility index (Phi) is 3.78. The zero-order valence-corrected chi connectivity index (χ0v) is 16.6. The van der Waals surface area contributed by atoms with Crippen LogP contribution in [0.2, 0.25) is 0 Å². The Morgan fingerprint density at radius 1 is 1.21 bits per heavy atom. The molecule has 28 heavy (non-hydrogen) atoms. The summed E-state index contributed by atoms with van der Waals surface area (Å²) in [4.78, 5) is 13.3. The van der Waals surface area contributed by atoms with Gasteiger partial charge in [0, 0.05) is 18.9 Å². The van der Waals surface area contributed by atoms with Crippen molar-refractivity contribution in [1.29, 1.82) is 0 Å². The molecule has 5 fully saturated rings. The topological polar surface area (TPSA) is 105 Å². The molecular weight excluding hydrogens is 364 g/mol. The number of methoxy groups -OCH3 is 1. The Balaban J connectivity index is 1.78. The minimum atomic E-state index is -1.27. The maximum Gasteiger partial charge on any atom is 0.315 e. The third-order valence-electron chi connectivity index (χ3n) is 8.74. The van der Waals surface area contributed by atoms with E-state index >= 15 is 0 Å². The van der Waals surface area contributed by atoms with Crippen molar-refractivity contribution < 1.29 is 34.3 Å². The lowest BCUT2D eigenvalue weighted by Crippen LogP contribution is -2.73. The molecule has 2 saturated heterocycles. The van der Waals surface area contributed by atoms with E-state index in [0.717, 1.165) is 6.42 Å². The van der Waals surface area contributed by atoms with Crippen LogP contribution in [0.5, 0.6) is 0 Å². The Hall–Kier alpha value is -0.990. The van der Waals surface area contributed by atoms with E-state index in [0.29, 0.717) is 24.8 Å². The highest BCUT2D eigenvalue weighted by molar-refractivity contribution is 5.82. The molecule has 5 rings (SSSR count). The van der Waals surface area contributed by atoms with Gasteiger partial charge >= 0.3 is 5.97 Å². The van der Waals surface area contributed by atoms with Gasteiger partial charge in [-0.2, -0.15) is 0 Å². The van der Waals surface area contributed by atoms with E-state index in [1.807, 2.05) is 0 Å². The lowest BCUT2D eigenvalue weighted by Gasteiger charge is -2.64. The molecule has 0 radical (unpaired) electrons. The van der Waals surface area contributed by atoms with Gasteiger partial charge in [-0.25, -0.2) is 0 Å². The molecule has 7 heteroatoms. The van der Waals surface area contributed by atoms with Crippen LogP contribution in [0, 0.1) is 34.0 Å². The zero-order chi connectivity index (χ0) is 20.2. The lowest BCUT2D eigenvalue weighted by atomic mass is 9.43. The average molecular weight is 394 g/mol. The van der Waals surface area contributed by atoms with Crippen molar-refractivity contribution in [2.45, 2.75) is 70.4 Å². The average Bonchev–Trinajstić information content (AvgIpc) is 3.04. The number of ether oxygens (including phenoxy) is 3. The molecular formula is C21H30O7. The first-order valence-electron chi connectivity index (χ1n) is 10.2. The highest BCUT2D eigenvalue weighted by atomic mass is 16.7. The Morgan fingerprint density at radius 2 is 1.93 bits per heavy atom. The van der Waals surface area contributed by atoms with Gasteiger partial charge in [0.05, 0.1) is 17.6 Å². The van der Waals surface area contributed by atoms with Crippen LogP contribution in [0.1, 0.15) is 39.5 Å². The summed E-state index contributed by atoms with van der Waals surface area (Å²) in [5.41, 5.74) is -1.93. The van der Waals surface area contributed by atoms with E-state index in [-0.39, 0.29) is 11.3 Å². The normalized spacial score (nSPS) is 56.6. The van der Waals surface area contributed by atoms with Gasteiger partial charge in [-0.1, -0.05) is 20.4 Å². The summed E-state index contributed by atoms with van der Waals surface area (Å²) in [6.07, 6.45) is -2.20. The molecule has 2 heterocycles. The van der Waals surface area contributed by atoms with Crippen LogP contribution in [0.25, 0.3) is 0 Å². The predicted molar refractivity (Wildman–Crippen MR) is 96.5 cm³/mol. The van der Waals surface area contributed by atoms with Crippen LogP contribution in [-0.2, 0) is 19.0 Å². The summed E-state index contributed by atoms with van der Waals surface area (Å²) in [7, 11) is 1.51. The summed E-state index contributed by atoms with van der Waals surface area (Å²) in [6.45, 7) is 8.17. The Morgan fingerprint density at radius 3 is 2.61 bits per heavy atom. The number of fused-ring (bicyclic) bond motifs is 1. The number of hydrogen-bond acceptors (Lipinski definition) is 7. The van der Waals surface area contributed by atoms with Crippen molar-refractivity contribution in [3.05, 3.63) is 12.2 Å². The SMILES string of the molecule is C=C1[C@@H]2C[C@H](O)[C@@H]3[C@](C2)(C(=O)O[C@H]2CCC(C)(C)[C@H]4[C@H](O)OC(OC)[C@@]243)[C@@H]1O. The number of rotatable bonds is 1. The highest BCUT2D eigenvalue weighted by Crippen LogP contribution is 2.73. The minimum absolute atomic E-state index is 0.120. The molecule has 0 aromatic rings. The Labute approximate surface area is 164 Å². The second-order valence-electron chi connectivity index (χ2n) is 10.2. The number of carbonyl (C=O) groups excluding carboxylic acids is 1. The van der Waals surface area contributed by atoms with Gasteiger partial charge in [0.2, 0.25) is 0 Å². The van der Waals surface area contributed by atoms with E-state index in [9.17, 15) is 20.1 Å². The summed E-state index contributed by atoms with van der Waals surface area (Å²) < 4.78 is 17.6. The number of esters is 1. The quantitative estimate of drug-likeness (QED) is 0.449. The standard InChI is InChI=1S/C21H30O7/c1-9-10-7-11(22)13-20(8-10,15(9)23)17(25)27-12-5-6-19(2,3)14-16(24)28-18(26-4)21(12,13)14/h10-16,18,22-24H,1,5-8H2,2-4H3/t10-,11+,12+,13-,14-,15-,16-,18?,20+,21-/m1/s1. The van der Waals surface area contributed by atoms with Crippen molar-refractivity contribution in [3.63, 3.8) is 0 Å². The van der Waals surface area contributed by atoms with Crippen molar-refractivity contribution in [2.24, 2.45) is 34.0 Å². The number of aliphatic hydroxyl groups is 3. The molecule has 5 aliphatic rings. The van der Waals surface area contributed by atoms with Gasteiger partial charge in [-0.15, -0.1) is 0 Å². The minimum Gasteiger partial charge on any atom is -0.461 e. The molecule has 2 aliphatic heterocycles. The van der Waals surface area contributed by atoms with Gasteiger partial charge in [-0.05, 0) is 42.6 Å². The van der Waals surface area contributed by atoms with Crippen LogP contribution >= 0.6 is 0 Å². The molecule has 2 spiro atoms. The third-order valence-corrected chi connectivity index (χ3v) is 8.74. The van der Waals surface area contributed by atoms with E-state index in [1.54, 1.807) is 0 Å². The molecule has 0 aromatic heterocycles. The summed E-state index contributed by atoms with van der Waals surface area (Å²) in [5, 5.41) is 33.4. The van der Waals surface area contributed by atoms with Gasteiger partial charge in [0.15, 0.2) is 12.6 Å². The second-order valence-corrected chi connectivity index (χ2v) is 10.2. The van der Waals surface area contributed by atoms with E-state index in [2.05, 4.69) is 20.4 Å². The summed E-state index contributed by atoms with van der Waals surface area (Å²) >= 11 is 0. The lowest BCUT2D eigenvalue weighted by molar-refractivity contribution is -0.298. The third kappa shape index (κ3) is 1.86. The zero-order valence-electron chi connectivity index (χ0n) is 16.6. The molecule has 3 saturated carbocycles. The first kappa shape index (κ1) is 19.0. The number of carbonyl (C=O) groups is 1. The Bertz CT molecular complexity index is 734. The van der Waals surface area contributed by atoms with Crippen molar-refractivity contribution in [1.82, 2.24) is 0 Å². The molecule has 0 aromatic carbocycles. The molecule has 7 nitrogen and oxygen atoms in total. The van der Waals surface area contributed by atoms with Crippen LogP contribution in [0.3, 0.4) is 0 Å². The van der Waals surface area contributed by atoms with E-state index in [1.165, 1.54) is 7.11 Å².